The third kappa shape index (κ3) is 2.34. The summed E-state index contributed by atoms with van der Waals surface area (Å²) in [5, 5.41) is 12.9. The summed E-state index contributed by atoms with van der Waals surface area (Å²) < 4.78 is 0. The Morgan fingerprint density at radius 3 is 2.77 bits per heavy atom. The van der Waals surface area contributed by atoms with Crippen molar-refractivity contribution in [3.63, 3.8) is 0 Å². The molecular formula is C7H12N4O2. The smallest absolute Gasteiger partial charge is 0.220 e. The largest absolute Gasteiger partial charge is 0.393 e. The molecule has 1 fully saturated rings. The number of nitrogens with zero attached hydrogens (tertiary/aromatic N) is 3. The molecular weight excluding hydrogens is 172 g/mol. The van der Waals surface area contributed by atoms with Crippen LogP contribution in [0.25, 0.3) is 10.4 Å². The highest BCUT2D eigenvalue weighted by Crippen LogP contribution is 2.26. The van der Waals surface area contributed by atoms with Crippen molar-refractivity contribution in [2.75, 3.05) is 0 Å². The molecule has 6 heteroatoms. The van der Waals surface area contributed by atoms with E-state index in [0.29, 0.717) is 19.3 Å². The van der Waals surface area contributed by atoms with Crippen LogP contribution in [0, 0.1) is 5.92 Å². The van der Waals surface area contributed by atoms with Gasteiger partial charge >= 0.3 is 0 Å². The molecule has 3 atom stereocenters. The van der Waals surface area contributed by atoms with E-state index in [1.807, 2.05) is 0 Å². The molecule has 6 nitrogen and oxygen atoms in total. The lowest BCUT2D eigenvalue weighted by Gasteiger charge is -2.28. The minimum atomic E-state index is -0.734. The molecule has 1 aliphatic carbocycles. The molecule has 0 aliphatic heterocycles. The van der Waals surface area contributed by atoms with Crippen LogP contribution in [0.15, 0.2) is 5.11 Å². The first-order chi connectivity index (χ1) is 6.15. The standard InChI is InChI=1S/C7H12N4O2/c8-7(13)4-1-2-5(10-11-9)6(12)3-4/h4-6,12H,1-3H2,(H2,8,13)/t4-,5+,6-/m0/s1. The molecule has 0 bridgehead atoms. The van der Waals surface area contributed by atoms with Gasteiger partial charge in [0.1, 0.15) is 0 Å². The highest BCUT2D eigenvalue weighted by atomic mass is 16.3. The number of hydrogen-bond donors (Lipinski definition) is 2. The molecule has 3 N–H and O–H groups in total. The van der Waals surface area contributed by atoms with Crippen LogP contribution in [0.1, 0.15) is 19.3 Å². The average molecular weight is 184 g/mol. The molecule has 0 radical (unpaired) electrons. The maximum absolute atomic E-state index is 10.8. The molecule has 0 heterocycles. The number of aliphatic hydroxyl groups is 1. The Balaban J connectivity index is 2.56. The lowest BCUT2D eigenvalue weighted by molar-refractivity contribution is -0.124. The Kier molecular flexibility index (Phi) is 3.11. The van der Waals surface area contributed by atoms with Gasteiger partial charge < -0.3 is 10.8 Å². The fourth-order valence-electron chi connectivity index (χ4n) is 1.59. The molecule has 0 aromatic heterocycles. The van der Waals surface area contributed by atoms with E-state index in [4.69, 9.17) is 11.3 Å². The quantitative estimate of drug-likeness (QED) is 0.365. The van der Waals surface area contributed by atoms with Crippen molar-refractivity contribution >= 4 is 5.91 Å². The van der Waals surface area contributed by atoms with Crippen LogP contribution >= 0.6 is 0 Å². The van der Waals surface area contributed by atoms with Crippen LogP contribution in [0.5, 0.6) is 0 Å². The Morgan fingerprint density at radius 1 is 1.62 bits per heavy atom. The third-order valence-electron chi connectivity index (χ3n) is 2.38. The van der Waals surface area contributed by atoms with Crippen molar-refractivity contribution in [3.8, 4) is 0 Å². The molecule has 0 unspecified atom stereocenters. The van der Waals surface area contributed by atoms with Gasteiger partial charge in [-0.25, -0.2) is 0 Å². The first-order valence-electron chi connectivity index (χ1n) is 4.16. The summed E-state index contributed by atoms with van der Waals surface area (Å²) in [6.45, 7) is 0. The molecule has 1 rings (SSSR count). The number of hydrogen-bond acceptors (Lipinski definition) is 3. The van der Waals surface area contributed by atoms with Gasteiger partial charge in [-0.2, -0.15) is 0 Å². The van der Waals surface area contributed by atoms with E-state index in [9.17, 15) is 9.90 Å². The second-order valence-electron chi connectivity index (χ2n) is 3.25. The molecule has 0 spiro atoms. The van der Waals surface area contributed by atoms with Gasteiger partial charge in [-0.05, 0) is 24.8 Å². The van der Waals surface area contributed by atoms with Crippen LogP contribution < -0.4 is 5.73 Å². The summed E-state index contributed by atoms with van der Waals surface area (Å²) in [5.74, 6) is -0.668. The van der Waals surface area contributed by atoms with Crippen molar-refractivity contribution in [2.45, 2.75) is 31.4 Å². The summed E-state index contributed by atoms with van der Waals surface area (Å²) in [5.41, 5.74) is 13.3. The van der Waals surface area contributed by atoms with E-state index < -0.39 is 18.1 Å². The Hall–Kier alpha value is -1.26. The first kappa shape index (κ1) is 9.83. The summed E-state index contributed by atoms with van der Waals surface area (Å²) in [6.07, 6.45) is 0.690. The first-order valence-corrected chi connectivity index (χ1v) is 4.16. The maximum Gasteiger partial charge on any atom is 0.220 e. The molecule has 1 aliphatic rings. The number of rotatable bonds is 2. The second-order valence-corrected chi connectivity index (χ2v) is 3.25. The predicted molar refractivity (Wildman–Crippen MR) is 45.5 cm³/mol. The van der Waals surface area contributed by atoms with E-state index in [1.165, 1.54) is 0 Å². The average Bonchev–Trinajstić information content (AvgIpc) is 2.08. The number of azide groups is 1. The third-order valence-corrected chi connectivity index (χ3v) is 2.38. The topological polar surface area (TPSA) is 112 Å². The molecule has 0 saturated heterocycles. The highest BCUT2D eigenvalue weighted by molar-refractivity contribution is 5.76. The van der Waals surface area contributed by atoms with Gasteiger partial charge in [0.15, 0.2) is 0 Å². The van der Waals surface area contributed by atoms with E-state index in [2.05, 4.69) is 10.0 Å². The predicted octanol–water partition coefficient (Wildman–Crippen LogP) is 0.312. The molecule has 13 heavy (non-hydrogen) atoms. The minimum Gasteiger partial charge on any atom is -0.393 e. The number of carbonyl (C=O) groups excluding carboxylic acids is 1. The highest BCUT2D eigenvalue weighted by Gasteiger charge is 2.30. The zero-order valence-corrected chi connectivity index (χ0v) is 7.13. The van der Waals surface area contributed by atoms with Gasteiger partial charge in [0.2, 0.25) is 5.91 Å². The Morgan fingerprint density at radius 2 is 2.31 bits per heavy atom. The van der Waals surface area contributed by atoms with Gasteiger partial charge in [0.05, 0.1) is 12.1 Å². The van der Waals surface area contributed by atoms with Crippen LogP contribution in [-0.2, 0) is 4.79 Å². The fraction of sp³-hybridized carbons (Fsp3) is 0.857. The maximum atomic E-state index is 10.8. The molecule has 1 amide bonds. The molecule has 0 aromatic rings. The SMILES string of the molecule is [N-]=[N+]=N[C@@H]1CC[C@H](C(N)=O)C[C@@H]1O. The van der Waals surface area contributed by atoms with Gasteiger partial charge in [-0.1, -0.05) is 5.11 Å². The second kappa shape index (κ2) is 4.11. The normalized spacial score (nSPS) is 33.5. The lowest BCUT2D eigenvalue weighted by atomic mass is 9.84. The van der Waals surface area contributed by atoms with Crippen molar-refractivity contribution in [1.82, 2.24) is 0 Å². The van der Waals surface area contributed by atoms with Crippen molar-refractivity contribution < 1.29 is 9.90 Å². The zero-order valence-electron chi connectivity index (χ0n) is 7.13. The van der Waals surface area contributed by atoms with Crippen molar-refractivity contribution in [2.24, 2.45) is 16.8 Å². The van der Waals surface area contributed by atoms with Crippen LogP contribution in [0.4, 0.5) is 0 Å². The zero-order chi connectivity index (χ0) is 9.84. The molecule has 1 saturated carbocycles. The summed E-state index contributed by atoms with van der Waals surface area (Å²) in [7, 11) is 0. The number of primary amides is 1. The number of aliphatic hydroxyl groups excluding tert-OH is 1. The van der Waals surface area contributed by atoms with Crippen LogP contribution in [0.3, 0.4) is 0 Å². The minimum absolute atomic E-state index is 0.278. The van der Waals surface area contributed by atoms with Gasteiger partial charge in [-0.3, -0.25) is 4.79 Å². The summed E-state index contributed by atoms with van der Waals surface area (Å²) in [4.78, 5) is 13.4. The monoisotopic (exact) mass is 184 g/mol. The number of carbonyl (C=O) groups is 1. The van der Waals surface area contributed by atoms with E-state index in [1.54, 1.807) is 0 Å². The van der Waals surface area contributed by atoms with E-state index in [-0.39, 0.29) is 5.92 Å². The summed E-state index contributed by atoms with van der Waals surface area (Å²) in [6, 6.07) is -0.402. The number of amides is 1. The van der Waals surface area contributed by atoms with E-state index >= 15 is 0 Å². The van der Waals surface area contributed by atoms with Gasteiger partial charge in [0.25, 0.3) is 0 Å². The Bertz CT molecular complexity index is 249. The van der Waals surface area contributed by atoms with Crippen molar-refractivity contribution in [1.29, 1.82) is 0 Å². The summed E-state index contributed by atoms with van der Waals surface area (Å²) >= 11 is 0. The fourth-order valence-corrected chi connectivity index (χ4v) is 1.59. The Labute approximate surface area is 75.4 Å². The van der Waals surface area contributed by atoms with Gasteiger partial charge in [0, 0.05) is 10.8 Å². The van der Waals surface area contributed by atoms with Crippen molar-refractivity contribution in [3.05, 3.63) is 10.4 Å². The van der Waals surface area contributed by atoms with Crippen LogP contribution in [-0.4, -0.2) is 23.2 Å². The van der Waals surface area contributed by atoms with Gasteiger partial charge in [-0.15, -0.1) is 0 Å². The molecule has 0 aromatic carbocycles. The molecule has 72 valence electrons. The van der Waals surface area contributed by atoms with Crippen LogP contribution in [0.2, 0.25) is 0 Å². The number of nitrogens with two attached hydrogens (primary N) is 1. The lowest BCUT2D eigenvalue weighted by Crippen LogP contribution is -2.37. The van der Waals surface area contributed by atoms with E-state index in [0.717, 1.165) is 0 Å².